The summed E-state index contributed by atoms with van der Waals surface area (Å²) in [4.78, 5) is 4.36. The molecule has 1 aromatic heterocycles. The summed E-state index contributed by atoms with van der Waals surface area (Å²) in [5.41, 5.74) is 14.7. The van der Waals surface area contributed by atoms with Crippen molar-refractivity contribution in [1.29, 1.82) is 0 Å². The van der Waals surface area contributed by atoms with Crippen LogP contribution in [0.4, 0.5) is 0 Å². The summed E-state index contributed by atoms with van der Waals surface area (Å²) in [7, 11) is -3.86. The monoisotopic (exact) mass is 518 g/mol. The van der Waals surface area contributed by atoms with Gasteiger partial charge in [0.1, 0.15) is 0 Å². The summed E-state index contributed by atoms with van der Waals surface area (Å²) in [5.74, 6) is 0.00830. The zero-order valence-corrected chi connectivity index (χ0v) is 21.4. The Balaban J connectivity index is 1.53. The van der Waals surface area contributed by atoms with Crippen molar-refractivity contribution < 1.29 is 8.42 Å². The molecule has 0 radical (unpaired) electrons. The second kappa shape index (κ2) is 9.36. The summed E-state index contributed by atoms with van der Waals surface area (Å²) in [5, 5.41) is 5.00. The molecule has 7 heteroatoms. The van der Waals surface area contributed by atoms with Gasteiger partial charge in [0.15, 0.2) is 5.96 Å². The van der Waals surface area contributed by atoms with Gasteiger partial charge in [-0.2, -0.15) is 0 Å². The molecule has 4 N–H and O–H groups in total. The highest BCUT2D eigenvalue weighted by Crippen LogP contribution is 2.34. The van der Waals surface area contributed by atoms with Crippen LogP contribution in [0, 0.1) is 0 Å². The first-order valence-corrected chi connectivity index (χ1v) is 13.8. The van der Waals surface area contributed by atoms with Crippen molar-refractivity contribution in [2.45, 2.75) is 11.3 Å². The predicted molar refractivity (Wildman–Crippen MR) is 156 cm³/mol. The summed E-state index contributed by atoms with van der Waals surface area (Å²) in [6.07, 6.45) is 2.19. The van der Waals surface area contributed by atoms with Crippen LogP contribution in [0.15, 0.2) is 119 Å². The van der Waals surface area contributed by atoms with Gasteiger partial charge in [-0.15, -0.1) is 0 Å². The van der Waals surface area contributed by atoms with E-state index in [9.17, 15) is 8.42 Å². The molecule has 5 aromatic carbocycles. The molecule has 0 unspecified atom stereocenters. The van der Waals surface area contributed by atoms with Crippen molar-refractivity contribution in [2.24, 2.45) is 16.5 Å². The Bertz CT molecular complexity index is 1960. The number of aromatic nitrogens is 1. The van der Waals surface area contributed by atoms with Crippen LogP contribution in [0.2, 0.25) is 0 Å². The maximum Gasteiger partial charge on any atom is 0.268 e. The first-order valence-electron chi connectivity index (χ1n) is 12.3. The first kappa shape index (κ1) is 23.8. The van der Waals surface area contributed by atoms with Gasteiger partial charge in [-0.1, -0.05) is 78.9 Å². The van der Waals surface area contributed by atoms with E-state index in [1.165, 1.54) is 3.97 Å². The number of hydrogen-bond donors (Lipinski definition) is 2. The Morgan fingerprint density at radius 2 is 1.47 bits per heavy atom. The Morgan fingerprint density at radius 1 is 0.737 bits per heavy atom. The number of hydrogen-bond acceptors (Lipinski definition) is 3. The lowest BCUT2D eigenvalue weighted by molar-refractivity contribution is 0.589. The maximum atomic E-state index is 13.9. The van der Waals surface area contributed by atoms with Crippen LogP contribution in [0.5, 0.6) is 0 Å². The minimum atomic E-state index is -3.86. The largest absolute Gasteiger partial charge is 0.370 e. The van der Waals surface area contributed by atoms with Crippen molar-refractivity contribution >= 4 is 48.4 Å². The van der Waals surface area contributed by atoms with E-state index >= 15 is 0 Å². The van der Waals surface area contributed by atoms with E-state index in [-0.39, 0.29) is 10.9 Å². The zero-order valence-electron chi connectivity index (χ0n) is 20.6. The topological polar surface area (TPSA) is 103 Å². The van der Waals surface area contributed by atoms with E-state index in [1.54, 1.807) is 18.3 Å². The van der Waals surface area contributed by atoms with Gasteiger partial charge in [0, 0.05) is 18.1 Å². The molecule has 0 aliphatic heterocycles. The van der Waals surface area contributed by atoms with E-state index in [0.717, 1.165) is 43.6 Å². The maximum absolute atomic E-state index is 13.9. The molecule has 0 saturated carbocycles. The molecule has 0 spiro atoms. The van der Waals surface area contributed by atoms with Gasteiger partial charge in [0.05, 0.1) is 10.4 Å². The van der Waals surface area contributed by atoms with Crippen LogP contribution in [0.3, 0.4) is 0 Å². The highest BCUT2D eigenvalue weighted by Gasteiger charge is 2.22. The van der Waals surface area contributed by atoms with Crippen molar-refractivity contribution in [1.82, 2.24) is 3.97 Å². The van der Waals surface area contributed by atoms with Gasteiger partial charge in [-0.3, -0.25) is 4.99 Å². The lowest BCUT2D eigenvalue weighted by Crippen LogP contribution is -2.23. The van der Waals surface area contributed by atoms with Crippen LogP contribution in [-0.4, -0.2) is 24.9 Å². The summed E-state index contributed by atoms with van der Waals surface area (Å²) >= 11 is 0. The molecule has 0 saturated heterocycles. The van der Waals surface area contributed by atoms with Crippen LogP contribution >= 0.6 is 0 Å². The molecule has 6 nitrogen and oxygen atoms in total. The predicted octanol–water partition coefficient (Wildman–Crippen LogP) is 5.67. The molecule has 1 heterocycles. The third kappa shape index (κ3) is 4.17. The zero-order chi connectivity index (χ0) is 26.3. The van der Waals surface area contributed by atoms with Crippen molar-refractivity contribution in [3.05, 3.63) is 115 Å². The Kier molecular flexibility index (Phi) is 5.85. The molecule has 0 aliphatic rings. The standard InChI is InChI=1S/C31H26N4O2S/c32-31(33)34-17-16-25-20-35(38(36,37)26-14-12-21-6-1-2-8-23(21)18-26)30-15-13-24(19-29(25)30)28-11-5-9-22-7-3-4-10-27(22)28/h1-15,18-20H,16-17H2,(H4,32,33,34). The molecule has 6 rings (SSSR count). The fourth-order valence-electron chi connectivity index (χ4n) is 5.06. The van der Waals surface area contributed by atoms with Crippen LogP contribution < -0.4 is 11.5 Å². The second-order valence-electron chi connectivity index (χ2n) is 9.28. The van der Waals surface area contributed by atoms with Crippen molar-refractivity contribution in [2.75, 3.05) is 6.54 Å². The third-order valence-corrected chi connectivity index (χ3v) is 8.58. The minimum Gasteiger partial charge on any atom is -0.370 e. The average molecular weight is 519 g/mol. The fourth-order valence-corrected chi connectivity index (χ4v) is 6.48. The molecule has 38 heavy (non-hydrogen) atoms. The molecular weight excluding hydrogens is 492 g/mol. The summed E-state index contributed by atoms with van der Waals surface area (Å²) < 4.78 is 29.2. The molecular formula is C31H26N4O2S. The molecule has 0 aliphatic carbocycles. The van der Waals surface area contributed by atoms with Crippen LogP contribution in [0.1, 0.15) is 5.56 Å². The first-order chi connectivity index (χ1) is 18.4. The van der Waals surface area contributed by atoms with Crippen LogP contribution in [0.25, 0.3) is 43.6 Å². The minimum absolute atomic E-state index is 0.00830. The normalized spacial score (nSPS) is 11.8. The van der Waals surface area contributed by atoms with E-state index in [0.29, 0.717) is 18.5 Å². The molecule has 188 valence electrons. The fraction of sp³-hybridized carbons (Fsp3) is 0.0645. The van der Waals surface area contributed by atoms with E-state index in [4.69, 9.17) is 11.5 Å². The number of aliphatic imine (C=N–C) groups is 1. The summed E-state index contributed by atoms with van der Waals surface area (Å²) in [6.45, 7) is 0.357. The lowest BCUT2D eigenvalue weighted by Gasteiger charge is -2.10. The van der Waals surface area contributed by atoms with Gasteiger partial charge >= 0.3 is 0 Å². The highest BCUT2D eigenvalue weighted by molar-refractivity contribution is 7.90. The number of guanidine groups is 1. The average Bonchev–Trinajstić information content (AvgIpc) is 3.31. The van der Waals surface area contributed by atoms with Gasteiger partial charge in [-0.05, 0) is 68.9 Å². The lowest BCUT2D eigenvalue weighted by atomic mass is 9.96. The van der Waals surface area contributed by atoms with E-state index in [1.807, 2.05) is 60.7 Å². The summed E-state index contributed by atoms with van der Waals surface area (Å²) in [6, 6.07) is 33.3. The molecule has 0 atom stereocenters. The number of nitrogens with two attached hydrogens (primary N) is 2. The number of benzene rings is 5. The van der Waals surface area contributed by atoms with Gasteiger partial charge in [0.2, 0.25) is 0 Å². The Morgan fingerprint density at radius 3 is 2.29 bits per heavy atom. The molecule has 0 fully saturated rings. The Hall–Kier alpha value is -4.62. The quantitative estimate of drug-likeness (QED) is 0.219. The van der Waals surface area contributed by atoms with Crippen molar-refractivity contribution in [3.63, 3.8) is 0 Å². The van der Waals surface area contributed by atoms with Gasteiger partial charge in [0.25, 0.3) is 10.0 Å². The van der Waals surface area contributed by atoms with Gasteiger partial charge in [-0.25, -0.2) is 12.4 Å². The van der Waals surface area contributed by atoms with Crippen LogP contribution in [-0.2, 0) is 16.4 Å². The highest BCUT2D eigenvalue weighted by atomic mass is 32.2. The van der Waals surface area contributed by atoms with E-state index in [2.05, 4.69) is 35.3 Å². The second-order valence-corrected chi connectivity index (χ2v) is 11.1. The molecule has 0 amide bonds. The number of fused-ring (bicyclic) bond motifs is 3. The Labute approximate surface area is 220 Å². The van der Waals surface area contributed by atoms with Gasteiger partial charge < -0.3 is 11.5 Å². The molecule has 0 bridgehead atoms. The third-order valence-electron chi connectivity index (χ3n) is 6.91. The smallest absolute Gasteiger partial charge is 0.268 e. The van der Waals surface area contributed by atoms with E-state index < -0.39 is 10.0 Å². The number of rotatable bonds is 6. The van der Waals surface area contributed by atoms with Crippen molar-refractivity contribution in [3.8, 4) is 11.1 Å². The molecule has 6 aromatic rings. The SMILES string of the molecule is NC(N)=NCCc1cn(S(=O)(=O)c2ccc3ccccc3c2)c2ccc(-c3cccc4ccccc34)cc12. The number of nitrogens with zero attached hydrogens (tertiary/aromatic N) is 2.